The molecule has 0 aliphatic heterocycles. The average molecular weight is 385 g/mol. The molecule has 0 bridgehead atoms. The second-order valence-electron chi connectivity index (χ2n) is 7.29. The van der Waals surface area contributed by atoms with Crippen LogP contribution in [-0.2, 0) is 11.3 Å². The lowest BCUT2D eigenvalue weighted by atomic mass is 10.1. The average Bonchev–Trinajstić information content (AvgIpc) is 2.54. The first-order chi connectivity index (χ1) is 12.3. The van der Waals surface area contributed by atoms with Crippen molar-refractivity contribution < 1.29 is 14.3 Å². The molecule has 0 radical (unpaired) electrons. The Kier molecular flexibility index (Phi) is 9.81. The lowest BCUT2D eigenvalue weighted by Crippen LogP contribution is -2.43. The first-order valence-corrected chi connectivity index (χ1v) is 9.74. The molecule has 0 atom stereocenters. The fourth-order valence-corrected chi connectivity index (χ4v) is 2.63. The zero-order valence-electron chi connectivity index (χ0n) is 16.7. The fraction of sp³-hybridized carbons (Fsp3) is 0.650. The Hall–Kier alpha value is -1.46. The maximum Gasteiger partial charge on any atom is 0.258 e. The van der Waals surface area contributed by atoms with Crippen molar-refractivity contribution in [2.75, 3.05) is 19.8 Å². The van der Waals surface area contributed by atoms with Crippen molar-refractivity contribution in [2.45, 2.75) is 66.0 Å². The molecule has 1 rings (SSSR count). The van der Waals surface area contributed by atoms with E-state index in [1.165, 1.54) is 12.8 Å². The van der Waals surface area contributed by atoms with Crippen molar-refractivity contribution in [1.82, 2.24) is 10.6 Å². The van der Waals surface area contributed by atoms with Crippen molar-refractivity contribution in [1.29, 1.82) is 0 Å². The molecule has 0 unspecified atom stereocenters. The Labute approximate surface area is 162 Å². The van der Waals surface area contributed by atoms with E-state index in [9.17, 15) is 4.79 Å². The van der Waals surface area contributed by atoms with Crippen LogP contribution < -0.4 is 20.1 Å². The topological polar surface area (TPSA) is 59.6 Å². The summed E-state index contributed by atoms with van der Waals surface area (Å²) in [6.07, 6.45) is 3.57. The summed E-state index contributed by atoms with van der Waals surface area (Å²) in [6.45, 7) is 11.9. The number of rotatable bonds is 11. The van der Waals surface area contributed by atoms with Crippen LogP contribution in [0.4, 0.5) is 0 Å². The molecule has 0 saturated heterocycles. The molecule has 26 heavy (non-hydrogen) atoms. The van der Waals surface area contributed by atoms with Crippen LogP contribution in [0.2, 0.25) is 5.02 Å². The number of amides is 1. The van der Waals surface area contributed by atoms with Crippen LogP contribution >= 0.6 is 11.6 Å². The highest BCUT2D eigenvalue weighted by atomic mass is 35.5. The molecular formula is C20H33ClN2O3. The maximum atomic E-state index is 12.0. The van der Waals surface area contributed by atoms with E-state index in [2.05, 4.69) is 17.6 Å². The van der Waals surface area contributed by atoms with Gasteiger partial charge in [0.2, 0.25) is 0 Å². The number of hydrogen-bond acceptors (Lipinski definition) is 4. The molecule has 0 spiro atoms. The van der Waals surface area contributed by atoms with Gasteiger partial charge in [0, 0.05) is 23.2 Å². The van der Waals surface area contributed by atoms with Crippen LogP contribution in [0.3, 0.4) is 0 Å². The lowest BCUT2D eigenvalue weighted by Gasteiger charge is -2.21. The minimum Gasteiger partial charge on any atom is -0.490 e. The second-order valence-corrected chi connectivity index (χ2v) is 7.70. The van der Waals surface area contributed by atoms with Gasteiger partial charge in [0.15, 0.2) is 18.1 Å². The molecule has 0 heterocycles. The van der Waals surface area contributed by atoms with E-state index in [0.717, 1.165) is 18.5 Å². The van der Waals surface area contributed by atoms with Gasteiger partial charge in [0.05, 0.1) is 6.61 Å². The largest absolute Gasteiger partial charge is 0.490 e. The fourth-order valence-electron chi connectivity index (χ4n) is 2.41. The number of hydrogen-bond donors (Lipinski definition) is 2. The van der Waals surface area contributed by atoms with Gasteiger partial charge in [-0.2, -0.15) is 0 Å². The molecule has 0 saturated carbocycles. The van der Waals surface area contributed by atoms with Gasteiger partial charge in [-0.25, -0.2) is 0 Å². The lowest BCUT2D eigenvalue weighted by molar-refractivity contribution is -0.124. The zero-order valence-corrected chi connectivity index (χ0v) is 17.5. The molecule has 1 aromatic rings. The van der Waals surface area contributed by atoms with E-state index in [-0.39, 0.29) is 18.1 Å². The number of nitrogens with one attached hydrogen (secondary N) is 2. The van der Waals surface area contributed by atoms with Crippen molar-refractivity contribution in [2.24, 2.45) is 0 Å². The third-order valence-corrected chi connectivity index (χ3v) is 3.91. The van der Waals surface area contributed by atoms with Crippen LogP contribution in [0, 0.1) is 0 Å². The van der Waals surface area contributed by atoms with Gasteiger partial charge in [-0.15, -0.1) is 0 Å². The predicted octanol–water partition coefficient (Wildman–Crippen LogP) is 4.31. The van der Waals surface area contributed by atoms with Gasteiger partial charge >= 0.3 is 0 Å². The van der Waals surface area contributed by atoms with Gasteiger partial charge in [-0.1, -0.05) is 31.4 Å². The summed E-state index contributed by atoms with van der Waals surface area (Å²) in [5, 5.41) is 6.86. The van der Waals surface area contributed by atoms with Crippen LogP contribution in [0.25, 0.3) is 0 Å². The molecule has 0 aromatic heterocycles. The van der Waals surface area contributed by atoms with E-state index < -0.39 is 0 Å². The van der Waals surface area contributed by atoms with E-state index >= 15 is 0 Å². The van der Waals surface area contributed by atoms with Gasteiger partial charge in [0.25, 0.3) is 5.91 Å². The van der Waals surface area contributed by atoms with Crippen molar-refractivity contribution in [3.63, 3.8) is 0 Å². The third-order valence-electron chi connectivity index (χ3n) is 3.56. The summed E-state index contributed by atoms with van der Waals surface area (Å²) in [4.78, 5) is 12.0. The van der Waals surface area contributed by atoms with Gasteiger partial charge < -0.3 is 20.1 Å². The molecule has 0 fully saturated rings. The zero-order chi connectivity index (χ0) is 19.6. The molecular weight excluding hydrogens is 352 g/mol. The minimum atomic E-state index is -0.297. The van der Waals surface area contributed by atoms with Crippen LogP contribution in [0.5, 0.6) is 11.5 Å². The first kappa shape index (κ1) is 22.6. The van der Waals surface area contributed by atoms with Crippen molar-refractivity contribution in [3.8, 4) is 11.5 Å². The van der Waals surface area contributed by atoms with E-state index in [4.69, 9.17) is 21.1 Å². The standard InChI is InChI=1S/C20H33ClN2O3/c1-6-8-9-10-22-13-15-11-17(25-7-2)18(12-16(15)21)26-14-19(24)23-20(3,4)5/h11-12,22H,6-10,13-14H2,1-5H3,(H,23,24). The Morgan fingerprint density at radius 1 is 1.12 bits per heavy atom. The number of halogens is 1. The smallest absolute Gasteiger partial charge is 0.258 e. The van der Waals surface area contributed by atoms with Crippen LogP contribution in [0.15, 0.2) is 12.1 Å². The molecule has 1 aromatic carbocycles. The van der Waals surface area contributed by atoms with E-state index in [1.807, 2.05) is 33.8 Å². The Bertz CT molecular complexity index is 571. The highest BCUT2D eigenvalue weighted by molar-refractivity contribution is 6.31. The number of unbranched alkanes of at least 4 members (excludes halogenated alkanes) is 2. The van der Waals surface area contributed by atoms with Crippen LogP contribution in [0.1, 0.15) is 59.4 Å². The molecule has 0 aliphatic carbocycles. The first-order valence-electron chi connectivity index (χ1n) is 9.36. The Morgan fingerprint density at radius 2 is 1.81 bits per heavy atom. The molecule has 5 nitrogen and oxygen atoms in total. The quantitative estimate of drug-likeness (QED) is 0.558. The number of carbonyl (C=O) groups excluding carboxylic acids is 1. The summed E-state index contributed by atoms with van der Waals surface area (Å²) in [6, 6.07) is 3.61. The third kappa shape index (κ3) is 8.77. The highest BCUT2D eigenvalue weighted by Crippen LogP contribution is 2.33. The number of carbonyl (C=O) groups is 1. The number of ether oxygens (including phenoxy) is 2. The van der Waals surface area contributed by atoms with Crippen LogP contribution in [-0.4, -0.2) is 31.2 Å². The maximum absolute atomic E-state index is 12.0. The summed E-state index contributed by atoms with van der Waals surface area (Å²) >= 11 is 6.39. The molecule has 2 N–H and O–H groups in total. The van der Waals surface area contributed by atoms with Gasteiger partial charge in [0.1, 0.15) is 0 Å². The second kappa shape index (κ2) is 11.3. The number of benzene rings is 1. The molecule has 1 amide bonds. The van der Waals surface area contributed by atoms with Gasteiger partial charge in [-0.3, -0.25) is 4.79 Å². The van der Waals surface area contributed by atoms with E-state index in [0.29, 0.717) is 29.7 Å². The summed E-state index contributed by atoms with van der Waals surface area (Å²) in [5.74, 6) is 0.902. The van der Waals surface area contributed by atoms with Gasteiger partial charge in [-0.05, 0) is 52.3 Å². The monoisotopic (exact) mass is 384 g/mol. The highest BCUT2D eigenvalue weighted by Gasteiger charge is 2.16. The predicted molar refractivity (Wildman–Crippen MR) is 107 cm³/mol. The SMILES string of the molecule is CCCCCNCc1cc(OCC)c(OCC(=O)NC(C)(C)C)cc1Cl. The summed E-state index contributed by atoms with van der Waals surface area (Å²) in [5.41, 5.74) is 0.659. The Balaban J connectivity index is 2.73. The molecule has 0 aliphatic rings. The van der Waals surface area contributed by atoms with E-state index in [1.54, 1.807) is 6.07 Å². The normalized spacial score (nSPS) is 11.3. The molecule has 6 heteroatoms. The summed E-state index contributed by atoms with van der Waals surface area (Å²) in [7, 11) is 0. The van der Waals surface area contributed by atoms with Crippen molar-refractivity contribution in [3.05, 3.63) is 22.7 Å². The minimum absolute atomic E-state index is 0.0811. The van der Waals surface area contributed by atoms with Crippen molar-refractivity contribution >= 4 is 17.5 Å². The summed E-state index contributed by atoms with van der Waals surface area (Å²) < 4.78 is 11.3. The Morgan fingerprint density at radius 3 is 2.42 bits per heavy atom. The molecule has 148 valence electrons.